The Balaban J connectivity index is 3.31. The van der Waals surface area contributed by atoms with E-state index >= 15 is 0 Å². The second-order valence-corrected chi connectivity index (χ2v) is 6.01. The maximum absolute atomic E-state index is 5.46. The van der Waals surface area contributed by atoms with Crippen LogP contribution in [0.2, 0.25) is 0 Å². The minimum absolute atomic E-state index is 0.506. The Morgan fingerprint density at radius 3 is 2.26 bits per heavy atom. The minimum atomic E-state index is 0.506. The Morgan fingerprint density at radius 1 is 0.895 bits per heavy atom. The molecule has 0 aliphatic carbocycles. The van der Waals surface area contributed by atoms with Gasteiger partial charge in [-0.1, -0.05) is 27.2 Å². The molecule has 0 aromatic rings. The van der Waals surface area contributed by atoms with E-state index in [1.54, 1.807) is 0 Å². The third-order valence-corrected chi connectivity index (χ3v) is 3.26. The van der Waals surface area contributed by atoms with Crippen LogP contribution >= 0.6 is 0 Å². The number of rotatable bonds is 13. The Hall–Kier alpha value is -0.160. The van der Waals surface area contributed by atoms with Crippen LogP contribution in [0, 0.1) is 5.92 Å². The molecular weight excluding hydrogens is 236 g/mol. The van der Waals surface area contributed by atoms with E-state index in [9.17, 15) is 0 Å². The van der Waals surface area contributed by atoms with Gasteiger partial charge in [0, 0.05) is 31.7 Å². The largest absolute Gasteiger partial charge is 0.329 e. The molecule has 0 spiro atoms. The molecule has 0 aliphatic heterocycles. The van der Waals surface area contributed by atoms with Crippen LogP contribution in [0.5, 0.6) is 0 Å². The number of hydrogen-bond donors (Lipinski definition) is 4. The second kappa shape index (κ2) is 12.9. The first kappa shape index (κ1) is 18.8. The lowest BCUT2D eigenvalue weighted by Crippen LogP contribution is -2.39. The van der Waals surface area contributed by atoms with E-state index in [-0.39, 0.29) is 0 Å². The minimum Gasteiger partial charge on any atom is -0.329 e. The third-order valence-electron chi connectivity index (χ3n) is 3.26. The predicted octanol–water partition coefficient (Wildman–Crippen LogP) is 1.32. The van der Waals surface area contributed by atoms with Gasteiger partial charge in [0.15, 0.2) is 0 Å². The van der Waals surface area contributed by atoms with Gasteiger partial charge in [-0.3, -0.25) is 0 Å². The molecule has 116 valence electrons. The lowest BCUT2D eigenvalue weighted by molar-refractivity contribution is 0.428. The highest BCUT2D eigenvalue weighted by Crippen LogP contribution is 2.06. The van der Waals surface area contributed by atoms with Crippen molar-refractivity contribution in [2.24, 2.45) is 11.7 Å². The van der Waals surface area contributed by atoms with Crippen LogP contribution in [-0.4, -0.2) is 44.8 Å². The normalized spacial score (nSPS) is 14.8. The van der Waals surface area contributed by atoms with E-state index in [0.29, 0.717) is 18.6 Å². The molecule has 4 nitrogen and oxygen atoms in total. The first-order valence-corrected chi connectivity index (χ1v) is 7.93. The number of nitrogens with two attached hydrogens (primary N) is 1. The molecule has 19 heavy (non-hydrogen) atoms. The van der Waals surface area contributed by atoms with E-state index in [2.05, 4.69) is 43.6 Å². The van der Waals surface area contributed by atoms with E-state index < -0.39 is 0 Å². The summed E-state index contributed by atoms with van der Waals surface area (Å²) in [5.41, 5.74) is 5.46. The summed E-state index contributed by atoms with van der Waals surface area (Å²) < 4.78 is 0. The number of hydrogen-bond acceptors (Lipinski definition) is 4. The van der Waals surface area contributed by atoms with E-state index in [4.69, 9.17) is 5.73 Å². The molecule has 0 saturated carbocycles. The molecule has 0 saturated heterocycles. The van der Waals surface area contributed by atoms with Crippen LogP contribution in [0.25, 0.3) is 0 Å². The monoisotopic (exact) mass is 272 g/mol. The van der Waals surface area contributed by atoms with Crippen molar-refractivity contribution in [1.82, 2.24) is 16.0 Å². The lowest BCUT2D eigenvalue weighted by Gasteiger charge is -2.17. The zero-order valence-corrected chi connectivity index (χ0v) is 13.5. The average Bonchev–Trinajstić information content (AvgIpc) is 2.35. The highest BCUT2D eigenvalue weighted by Gasteiger charge is 2.04. The van der Waals surface area contributed by atoms with Crippen LogP contribution < -0.4 is 21.7 Å². The molecule has 2 atom stereocenters. The fraction of sp³-hybridized carbons (Fsp3) is 1.00. The predicted molar refractivity (Wildman–Crippen MR) is 85.5 cm³/mol. The van der Waals surface area contributed by atoms with Crippen molar-refractivity contribution in [1.29, 1.82) is 0 Å². The molecular formula is C15H36N4. The van der Waals surface area contributed by atoms with Gasteiger partial charge >= 0.3 is 0 Å². The Morgan fingerprint density at radius 2 is 1.63 bits per heavy atom. The zero-order valence-electron chi connectivity index (χ0n) is 13.5. The van der Waals surface area contributed by atoms with Gasteiger partial charge in [0.2, 0.25) is 0 Å². The smallest absolute Gasteiger partial charge is 0.0164 e. The third kappa shape index (κ3) is 14.1. The van der Waals surface area contributed by atoms with E-state index in [0.717, 1.165) is 32.1 Å². The molecule has 0 radical (unpaired) electrons. The second-order valence-electron chi connectivity index (χ2n) is 6.01. The van der Waals surface area contributed by atoms with Crippen molar-refractivity contribution in [3.05, 3.63) is 0 Å². The topological polar surface area (TPSA) is 62.1 Å². The van der Waals surface area contributed by atoms with Gasteiger partial charge in [-0.25, -0.2) is 0 Å². The van der Waals surface area contributed by atoms with Crippen molar-refractivity contribution in [2.45, 2.75) is 59.0 Å². The van der Waals surface area contributed by atoms with Crippen LogP contribution in [0.4, 0.5) is 0 Å². The van der Waals surface area contributed by atoms with Gasteiger partial charge in [0.05, 0.1) is 0 Å². The van der Waals surface area contributed by atoms with Gasteiger partial charge in [-0.05, 0) is 38.8 Å². The van der Waals surface area contributed by atoms with Gasteiger partial charge in [0.25, 0.3) is 0 Å². The first-order chi connectivity index (χ1) is 9.06. The summed E-state index contributed by atoms with van der Waals surface area (Å²) in [6.07, 6.45) is 3.93. The summed E-state index contributed by atoms with van der Waals surface area (Å²) in [7, 11) is 0. The van der Waals surface area contributed by atoms with Crippen LogP contribution in [0.1, 0.15) is 47.0 Å². The molecule has 0 aliphatic rings. The van der Waals surface area contributed by atoms with Crippen LogP contribution in [0.15, 0.2) is 0 Å². The summed E-state index contributed by atoms with van der Waals surface area (Å²) in [5.74, 6) is 0.765. The molecule has 0 heterocycles. The summed E-state index contributed by atoms with van der Waals surface area (Å²) >= 11 is 0. The molecule has 0 amide bonds. The molecule has 0 aromatic heterocycles. The molecule has 4 heteroatoms. The van der Waals surface area contributed by atoms with E-state index in [1.165, 1.54) is 19.3 Å². The van der Waals surface area contributed by atoms with Crippen molar-refractivity contribution in [3.8, 4) is 0 Å². The fourth-order valence-electron chi connectivity index (χ4n) is 2.06. The fourth-order valence-corrected chi connectivity index (χ4v) is 2.06. The lowest BCUT2D eigenvalue weighted by atomic mass is 10.0. The summed E-state index contributed by atoms with van der Waals surface area (Å²) in [6, 6.07) is 1.12. The number of nitrogens with one attached hydrogen (secondary N) is 3. The van der Waals surface area contributed by atoms with Crippen molar-refractivity contribution < 1.29 is 0 Å². The maximum atomic E-state index is 5.46. The molecule has 0 bridgehead atoms. The maximum Gasteiger partial charge on any atom is 0.0164 e. The van der Waals surface area contributed by atoms with Crippen LogP contribution in [0.3, 0.4) is 0 Å². The van der Waals surface area contributed by atoms with Gasteiger partial charge in [-0.2, -0.15) is 0 Å². The average molecular weight is 272 g/mol. The summed E-state index contributed by atoms with van der Waals surface area (Å²) in [5, 5.41) is 10.4. The Labute approximate surface area is 120 Å². The zero-order chi connectivity index (χ0) is 14.5. The van der Waals surface area contributed by atoms with Crippen molar-refractivity contribution in [2.75, 3.05) is 32.7 Å². The molecule has 0 aromatic carbocycles. The van der Waals surface area contributed by atoms with Crippen molar-refractivity contribution in [3.63, 3.8) is 0 Å². The molecule has 0 rings (SSSR count). The quantitative estimate of drug-likeness (QED) is 0.382. The highest BCUT2D eigenvalue weighted by atomic mass is 15.0. The van der Waals surface area contributed by atoms with Crippen molar-refractivity contribution >= 4 is 0 Å². The Bertz CT molecular complexity index is 185. The van der Waals surface area contributed by atoms with Gasteiger partial charge in [-0.15, -0.1) is 0 Å². The SMILES string of the molecule is CC(CCCCNC(C)C)CNCC(C)NCCN. The van der Waals surface area contributed by atoms with Gasteiger partial charge < -0.3 is 21.7 Å². The standard InChI is InChI=1S/C15H36N4/c1-13(2)18-9-6-5-7-14(3)11-17-12-15(4)19-10-8-16/h13-15,17-19H,5-12,16H2,1-4H3. The van der Waals surface area contributed by atoms with Gasteiger partial charge in [0.1, 0.15) is 0 Å². The van der Waals surface area contributed by atoms with Crippen LogP contribution in [-0.2, 0) is 0 Å². The summed E-state index contributed by atoms with van der Waals surface area (Å²) in [6.45, 7) is 13.8. The Kier molecular flexibility index (Phi) is 12.7. The first-order valence-electron chi connectivity index (χ1n) is 7.93. The molecule has 2 unspecified atom stereocenters. The summed E-state index contributed by atoms with van der Waals surface area (Å²) in [4.78, 5) is 0. The molecule has 5 N–H and O–H groups in total. The highest BCUT2D eigenvalue weighted by molar-refractivity contribution is 4.66. The number of unbranched alkanes of at least 4 members (excludes halogenated alkanes) is 1. The van der Waals surface area contributed by atoms with E-state index in [1.807, 2.05) is 0 Å². The molecule has 0 fully saturated rings.